The largest absolute Gasteiger partial charge is 0.488 e. The molecule has 1 N–H and O–H groups in total. The van der Waals surface area contributed by atoms with E-state index in [0.29, 0.717) is 12.0 Å². The molecule has 3 aliphatic rings. The van der Waals surface area contributed by atoms with Crippen molar-refractivity contribution in [3.05, 3.63) is 29.3 Å². The molecule has 1 saturated carbocycles. The van der Waals surface area contributed by atoms with Gasteiger partial charge >= 0.3 is 0 Å². The van der Waals surface area contributed by atoms with E-state index < -0.39 is 13.0 Å². The van der Waals surface area contributed by atoms with Crippen molar-refractivity contribution < 1.29 is 16.3 Å². The Morgan fingerprint density at radius 2 is 2.27 bits per heavy atom. The second-order valence-corrected chi connectivity index (χ2v) is 6.86. The molecular formula is C18H23F2NO. The molecule has 2 bridgehead atoms. The number of hydrogen-bond acceptors (Lipinski definition) is 2. The number of piperidine rings is 1. The zero-order chi connectivity index (χ0) is 16.9. The fourth-order valence-electron chi connectivity index (χ4n) is 5.08. The topological polar surface area (TPSA) is 21.3 Å². The molecular weight excluding hydrogens is 284 g/mol. The lowest BCUT2D eigenvalue weighted by Crippen LogP contribution is -2.59. The van der Waals surface area contributed by atoms with Gasteiger partial charge in [-0.15, -0.1) is 0 Å². The number of rotatable bonds is 3. The summed E-state index contributed by atoms with van der Waals surface area (Å²) in [6.07, 6.45) is 3.65. The van der Waals surface area contributed by atoms with E-state index in [9.17, 15) is 8.78 Å². The zero-order valence-corrected chi connectivity index (χ0v) is 12.6. The molecule has 0 spiro atoms. The van der Waals surface area contributed by atoms with Gasteiger partial charge in [0.25, 0.3) is 6.43 Å². The van der Waals surface area contributed by atoms with E-state index in [1.54, 1.807) is 6.07 Å². The van der Waals surface area contributed by atoms with Crippen LogP contribution in [0.15, 0.2) is 18.2 Å². The molecule has 2 aliphatic carbocycles. The molecule has 1 aromatic carbocycles. The minimum absolute atomic E-state index is 0.110. The summed E-state index contributed by atoms with van der Waals surface area (Å²) >= 11 is 0. The van der Waals surface area contributed by atoms with Gasteiger partial charge < -0.3 is 10.1 Å². The van der Waals surface area contributed by atoms with E-state index in [2.05, 4.69) is 5.32 Å². The molecule has 120 valence electrons. The molecule has 4 rings (SSSR count). The van der Waals surface area contributed by atoms with Crippen molar-refractivity contribution in [3.63, 3.8) is 0 Å². The summed E-state index contributed by atoms with van der Waals surface area (Å²) in [4.78, 5) is 0. The Labute approximate surface area is 133 Å². The standard InChI is InChI=1S/C18H23F2NO/c19-17(20)11-22-13-5-4-12-9-16-14-3-1-2-6-18(14,7-8-21-16)15(12)10-13/h4-5,10,14,16-17,21H,1-3,6-9,11H2/t14-,16+,18+/m1/s1/i11D2. The van der Waals surface area contributed by atoms with Crippen LogP contribution in [-0.2, 0) is 11.8 Å². The fourth-order valence-corrected chi connectivity index (χ4v) is 5.08. The number of alkyl halides is 2. The first kappa shape index (κ1) is 12.3. The van der Waals surface area contributed by atoms with Gasteiger partial charge in [-0.25, -0.2) is 8.78 Å². The predicted molar refractivity (Wildman–Crippen MR) is 81.7 cm³/mol. The Morgan fingerprint density at radius 3 is 3.14 bits per heavy atom. The Bertz CT molecular complexity index is 635. The summed E-state index contributed by atoms with van der Waals surface area (Å²) < 4.78 is 45.3. The lowest BCUT2D eigenvalue weighted by molar-refractivity contribution is 0.0757. The van der Waals surface area contributed by atoms with Crippen LogP contribution in [0.3, 0.4) is 0 Å². The van der Waals surface area contributed by atoms with Crippen LogP contribution >= 0.6 is 0 Å². The summed E-state index contributed by atoms with van der Waals surface area (Å²) in [5.74, 6) is 0.810. The van der Waals surface area contributed by atoms with Crippen LogP contribution in [0.5, 0.6) is 5.75 Å². The number of hydrogen-bond donors (Lipinski definition) is 1. The van der Waals surface area contributed by atoms with Gasteiger partial charge in [-0.3, -0.25) is 0 Å². The molecule has 1 heterocycles. The van der Waals surface area contributed by atoms with Crippen LogP contribution in [0.25, 0.3) is 0 Å². The third-order valence-electron chi connectivity index (χ3n) is 5.88. The van der Waals surface area contributed by atoms with Crippen molar-refractivity contribution in [2.24, 2.45) is 5.92 Å². The van der Waals surface area contributed by atoms with E-state index in [-0.39, 0.29) is 11.2 Å². The minimum Gasteiger partial charge on any atom is -0.488 e. The normalized spacial score (nSPS) is 35.2. The SMILES string of the molecule is [2H]C([2H])(Oc1ccc2c(c1)[C@]13CCCC[C@@H]1[C@H](C2)NCC3)C(F)F. The Kier molecular flexibility index (Phi) is 3.06. The lowest BCUT2D eigenvalue weighted by atomic mass is 9.53. The third-order valence-corrected chi connectivity index (χ3v) is 5.88. The first-order valence-electron chi connectivity index (χ1n) is 9.26. The monoisotopic (exact) mass is 309 g/mol. The third kappa shape index (κ3) is 2.23. The number of halogens is 2. The van der Waals surface area contributed by atoms with Crippen LogP contribution < -0.4 is 10.1 Å². The zero-order valence-electron chi connectivity index (χ0n) is 14.6. The molecule has 2 fully saturated rings. The maximum absolute atomic E-state index is 12.8. The summed E-state index contributed by atoms with van der Waals surface area (Å²) in [6, 6.07) is 5.92. The van der Waals surface area contributed by atoms with E-state index >= 15 is 0 Å². The molecule has 1 aromatic rings. The first-order chi connectivity index (χ1) is 11.4. The van der Waals surface area contributed by atoms with Gasteiger partial charge in [-0.05, 0) is 61.4 Å². The first-order valence-corrected chi connectivity index (χ1v) is 8.26. The summed E-state index contributed by atoms with van der Waals surface area (Å²) in [5, 5.41) is 3.66. The quantitative estimate of drug-likeness (QED) is 0.920. The molecule has 1 aliphatic heterocycles. The van der Waals surface area contributed by atoms with Crippen LogP contribution in [-0.4, -0.2) is 25.6 Å². The Balaban J connectivity index is 1.73. The second kappa shape index (κ2) is 5.48. The van der Waals surface area contributed by atoms with Crippen molar-refractivity contribution in [1.82, 2.24) is 5.32 Å². The van der Waals surface area contributed by atoms with E-state index in [4.69, 9.17) is 7.48 Å². The van der Waals surface area contributed by atoms with Crippen LogP contribution in [0.1, 0.15) is 46.0 Å². The maximum atomic E-state index is 12.8. The molecule has 1 saturated heterocycles. The molecule has 2 nitrogen and oxygen atoms in total. The summed E-state index contributed by atoms with van der Waals surface area (Å²) in [6.45, 7) is -1.97. The van der Waals surface area contributed by atoms with E-state index in [0.717, 1.165) is 25.8 Å². The molecule has 22 heavy (non-hydrogen) atoms. The van der Waals surface area contributed by atoms with Gasteiger partial charge in [0.15, 0.2) is 0 Å². The highest BCUT2D eigenvalue weighted by Crippen LogP contribution is 2.54. The molecule has 0 radical (unpaired) electrons. The molecule has 4 heteroatoms. The van der Waals surface area contributed by atoms with Crippen molar-refractivity contribution in [2.75, 3.05) is 13.1 Å². The van der Waals surface area contributed by atoms with Gasteiger partial charge in [-0.1, -0.05) is 18.9 Å². The molecule has 0 aromatic heterocycles. The smallest absolute Gasteiger partial charge is 0.272 e. The van der Waals surface area contributed by atoms with E-state index in [1.807, 2.05) is 12.1 Å². The van der Waals surface area contributed by atoms with E-state index in [1.165, 1.54) is 30.4 Å². The number of ether oxygens (including phenoxy) is 1. The van der Waals surface area contributed by atoms with Crippen molar-refractivity contribution in [2.45, 2.75) is 56.4 Å². The summed E-state index contributed by atoms with van der Waals surface area (Å²) in [5.41, 5.74) is 2.58. The maximum Gasteiger partial charge on any atom is 0.272 e. The van der Waals surface area contributed by atoms with Gasteiger partial charge in [0.2, 0.25) is 0 Å². The van der Waals surface area contributed by atoms with Crippen LogP contribution in [0, 0.1) is 5.92 Å². The van der Waals surface area contributed by atoms with Crippen LogP contribution in [0.2, 0.25) is 0 Å². The number of fused-ring (bicyclic) bond motifs is 1. The highest BCUT2D eigenvalue weighted by Gasteiger charge is 2.51. The van der Waals surface area contributed by atoms with Gasteiger partial charge in [0.1, 0.15) is 12.3 Å². The summed E-state index contributed by atoms with van der Waals surface area (Å²) in [7, 11) is 0. The average molecular weight is 309 g/mol. The van der Waals surface area contributed by atoms with Crippen molar-refractivity contribution >= 4 is 0 Å². The Morgan fingerprint density at radius 1 is 1.36 bits per heavy atom. The molecule has 0 unspecified atom stereocenters. The predicted octanol–water partition coefficient (Wildman–Crippen LogP) is 3.68. The fraction of sp³-hybridized carbons (Fsp3) is 0.667. The Hall–Kier alpha value is -1.16. The second-order valence-electron chi connectivity index (χ2n) is 6.86. The molecule has 3 atom stereocenters. The van der Waals surface area contributed by atoms with Gasteiger partial charge in [0, 0.05) is 11.5 Å². The minimum atomic E-state index is -3.17. The number of nitrogens with one attached hydrogen (secondary N) is 1. The average Bonchev–Trinajstić information content (AvgIpc) is 2.55. The highest BCUT2D eigenvalue weighted by atomic mass is 19.3. The highest BCUT2D eigenvalue weighted by molar-refractivity contribution is 5.45. The van der Waals surface area contributed by atoms with Gasteiger partial charge in [-0.2, -0.15) is 0 Å². The van der Waals surface area contributed by atoms with Crippen molar-refractivity contribution in [1.29, 1.82) is 0 Å². The van der Waals surface area contributed by atoms with Crippen molar-refractivity contribution in [3.8, 4) is 5.75 Å². The van der Waals surface area contributed by atoms with Crippen LogP contribution in [0.4, 0.5) is 8.78 Å². The molecule has 0 amide bonds. The lowest BCUT2D eigenvalue weighted by Gasteiger charge is -2.56. The number of benzene rings is 1. The van der Waals surface area contributed by atoms with Gasteiger partial charge in [0.05, 0.1) is 2.74 Å².